The molecule has 20 heavy (non-hydrogen) atoms. The Labute approximate surface area is 120 Å². The molecule has 1 unspecified atom stereocenters. The molecule has 0 aromatic carbocycles. The van der Waals surface area contributed by atoms with Crippen molar-refractivity contribution in [3.63, 3.8) is 0 Å². The lowest BCUT2D eigenvalue weighted by Gasteiger charge is -2.09. The van der Waals surface area contributed by atoms with Crippen molar-refractivity contribution in [2.45, 2.75) is 26.2 Å². The molecule has 0 saturated carbocycles. The van der Waals surface area contributed by atoms with Gasteiger partial charge in [0.15, 0.2) is 0 Å². The molecule has 1 aromatic rings. The van der Waals surface area contributed by atoms with E-state index in [1.807, 2.05) is 25.1 Å². The van der Waals surface area contributed by atoms with E-state index in [4.69, 9.17) is 0 Å². The number of amides is 1. The molecule has 0 spiro atoms. The number of aromatic nitrogens is 1. The molecule has 3 N–H and O–H groups in total. The van der Waals surface area contributed by atoms with Crippen LogP contribution < -0.4 is 16.0 Å². The highest BCUT2D eigenvalue weighted by Gasteiger charge is 2.15. The average Bonchev–Trinajstić information content (AvgIpc) is 2.95. The zero-order chi connectivity index (χ0) is 14.2. The SMILES string of the molecule is Cc1cccc(NCCNC(=O)CCC2CCNC2)n1. The van der Waals surface area contributed by atoms with Gasteiger partial charge in [-0.2, -0.15) is 0 Å². The minimum absolute atomic E-state index is 0.149. The van der Waals surface area contributed by atoms with Crippen molar-refractivity contribution in [1.82, 2.24) is 15.6 Å². The van der Waals surface area contributed by atoms with Crippen LogP contribution in [-0.2, 0) is 4.79 Å². The average molecular weight is 276 g/mol. The summed E-state index contributed by atoms with van der Waals surface area (Å²) in [6, 6.07) is 5.87. The monoisotopic (exact) mass is 276 g/mol. The molecule has 2 rings (SSSR count). The van der Waals surface area contributed by atoms with Crippen molar-refractivity contribution < 1.29 is 4.79 Å². The zero-order valence-electron chi connectivity index (χ0n) is 12.1. The number of anilines is 1. The Balaban J connectivity index is 1.55. The fourth-order valence-corrected chi connectivity index (χ4v) is 2.42. The number of nitrogens with zero attached hydrogens (tertiary/aromatic N) is 1. The summed E-state index contributed by atoms with van der Waals surface area (Å²) >= 11 is 0. The minimum Gasteiger partial charge on any atom is -0.368 e. The second kappa shape index (κ2) is 7.85. The van der Waals surface area contributed by atoms with Gasteiger partial charge in [0.2, 0.25) is 5.91 Å². The van der Waals surface area contributed by atoms with Gasteiger partial charge < -0.3 is 16.0 Å². The second-order valence-electron chi connectivity index (χ2n) is 5.34. The predicted molar refractivity (Wildman–Crippen MR) is 80.7 cm³/mol. The molecule has 1 aliphatic rings. The van der Waals surface area contributed by atoms with Crippen LogP contribution in [0.5, 0.6) is 0 Å². The van der Waals surface area contributed by atoms with Crippen LogP contribution in [0.1, 0.15) is 25.0 Å². The Kier molecular flexibility index (Phi) is 5.80. The molecule has 0 radical (unpaired) electrons. The van der Waals surface area contributed by atoms with Crippen molar-refractivity contribution >= 4 is 11.7 Å². The first-order chi connectivity index (χ1) is 9.74. The number of hydrogen-bond donors (Lipinski definition) is 3. The van der Waals surface area contributed by atoms with E-state index < -0.39 is 0 Å². The van der Waals surface area contributed by atoms with Crippen LogP contribution in [0.3, 0.4) is 0 Å². The van der Waals surface area contributed by atoms with Crippen LogP contribution in [-0.4, -0.2) is 37.1 Å². The van der Waals surface area contributed by atoms with E-state index in [0.29, 0.717) is 25.4 Å². The molecule has 1 amide bonds. The van der Waals surface area contributed by atoms with Crippen LogP contribution in [0.2, 0.25) is 0 Å². The van der Waals surface area contributed by atoms with E-state index in [-0.39, 0.29) is 5.91 Å². The van der Waals surface area contributed by atoms with Crippen LogP contribution in [0, 0.1) is 12.8 Å². The van der Waals surface area contributed by atoms with E-state index in [1.165, 1.54) is 6.42 Å². The van der Waals surface area contributed by atoms with Crippen molar-refractivity contribution in [3.8, 4) is 0 Å². The maximum atomic E-state index is 11.7. The summed E-state index contributed by atoms with van der Waals surface area (Å²) in [7, 11) is 0. The molecule has 1 atom stereocenters. The minimum atomic E-state index is 0.149. The smallest absolute Gasteiger partial charge is 0.220 e. The van der Waals surface area contributed by atoms with E-state index >= 15 is 0 Å². The van der Waals surface area contributed by atoms with Crippen molar-refractivity contribution in [2.75, 3.05) is 31.5 Å². The molecule has 1 aliphatic heterocycles. The maximum absolute atomic E-state index is 11.7. The maximum Gasteiger partial charge on any atom is 0.220 e. The van der Waals surface area contributed by atoms with Gasteiger partial charge in [-0.15, -0.1) is 0 Å². The van der Waals surface area contributed by atoms with Gasteiger partial charge >= 0.3 is 0 Å². The van der Waals surface area contributed by atoms with Crippen LogP contribution >= 0.6 is 0 Å². The summed E-state index contributed by atoms with van der Waals surface area (Å²) in [5, 5.41) is 9.47. The summed E-state index contributed by atoms with van der Waals surface area (Å²) in [6.45, 7) is 5.46. The summed E-state index contributed by atoms with van der Waals surface area (Å²) in [4.78, 5) is 16.0. The Morgan fingerprint density at radius 1 is 1.45 bits per heavy atom. The molecule has 0 aliphatic carbocycles. The molecule has 5 heteroatoms. The first-order valence-corrected chi connectivity index (χ1v) is 7.39. The Hall–Kier alpha value is -1.62. The Morgan fingerprint density at radius 2 is 2.35 bits per heavy atom. The highest BCUT2D eigenvalue weighted by Crippen LogP contribution is 2.13. The fraction of sp³-hybridized carbons (Fsp3) is 0.600. The van der Waals surface area contributed by atoms with E-state index in [9.17, 15) is 4.79 Å². The van der Waals surface area contributed by atoms with E-state index in [1.54, 1.807) is 0 Å². The van der Waals surface area contributed by atoms with Gasteiger partial charge in [-0.1, -0.05) is 6.07 Å². The van der Waals surface area contributed by atoms with Gasteiger partial charge in [0.05, 0.1) is 0 Å². The van der Waals surface area contributed by atoms with Crippen LogP contribution in [0.25, 0.3) is 0 Å². The molecule has 5 nitrogen and oxygen atoms in total. The third kappa shape index (κ3) is 5.17. The molecule has 1 saturated heterocycles. The number of rotatable bonds is 7. The summed E-state index contributed by atoms with van der Waals surface area (Å²) in [6.07, 6.45) is 2.83. The van der Waals surface area contributed by atoms with Crippen molar-refractivity contribution in [3.05, 3.63) is 23.9 Å². The zero-order valence-corrected chi connectivity index (χ0v) is 12.1. The summed E-state index contributed by atoms with van der Waals surface area (Å²) in [5.74, 6) is 1.68. The Bertz CT molecular complexity index is 430. The van der Waals surface area contributed by atoms with Crippen molar-refractivity contribution in [1.29, 1.82) is 0 Å². The molecular weight excluding hydrogens is 252 g/mol. The number of carbonyl (C=O) groups is 1. The van der Waals surface area contributed by atoms with E-state index in [2.05, 4.69) is 20.9 Å². The number of pyridine rings is 1. The van der Waals surface area contributed by atoms with E-state index in [0.717, 1.165) is 31.0 Å². The molecule has 2 heterocycles. The highest BCUT2D eigenvalue weighted by atomic mass is 16.1. The largest absolute Gasteiger partial charge is 0.368 e. The van der Waals surface area contributed by atoms with Gasteiger partial charge in [0.25, 0.3) is 0 Å². The topological polar surface area (TPSA) is 66.0 Å². The van der Waals surface area contributed by atoms with Crippen LogP contribution in [0.15, 0.2) is 18.2 Å². The number of nitrogens with one attached hydrogen (secondary N) is 3. The van der Waals surface area contributed by atoms with Gasteiger partial charge in [-0.3, -0.25) is 4.79 Å². The van der Waals surface area contributed by atoms with Gasteiger partial charge in [0, 0.05) is 25.2 Å². The standard InChI is InChI=1S/C15H24N4O/c1-12-3-2-4-14(19-12)17-9-10-18-15(20)6-5-13-7-8-16-11-13/h2-4,13,16H,5-11H2,1H3,(H,17,19)(H,18,20). The third-order valence-electron chi connectivity index (χ3n) is 3.58. The third-order valence-corrected chi connectivity index (χ3v) is 3.58. The first kappa shape index (κ1) is 14.8. The van der Waals surface area contributed by atoms with Crippen molar-refractivity contribution in [2.24, 2.45) is 5.92 Å². The lowest BCUT2D eigenvalue weighted by atomic mass is 10.0. The summed E-state index contributed by atoms with van der Waals surface area (Å²) < 4.78 is 0. The highest BCUT2D eigenvalue weighted by molar-refractivity contribution is 5.75. The van der Waals surface area contributed by atoms with Gasteiger partial charge in [-0.25, -0.2) is 4.98 Å². The molecular formula is C15H24N4O. The quantitative estimate of drug-likeness (QED) is 0.657. The molecule has 1 fully saturated rings. The normalized spacial score (nSPS) is 17.9. The lowest BCUT2D eigenvalue weighted by molar-refractivity contribution is -0.121. The van der Waals surface area contributed by atoms with Gasteiger partial charge in [0.1, 0.15) is 5.82 Å². The lowest BCUT2D eigenvalue weighted by Crippen LogP contribution is -2.29. The predicted octanol–water partition coefficient (Wildman–Crippen LogP) is 1.31. The second-order valence-corrected chi connectivity index (χ2v) is 5.34. The molecule has 0 bridgehead atoms. The number of carbonyl (C=O) groups excluding carboxylic acids is 1. The fourth-order valence-electron chi connectivity index (χ4n) is 2.42. The van der Waals surface area contributed by atoms with Crippen LogP contribution in [0.4, 0.5) is 5.82 Å². The first-order valence-electron chi connectivity index (χ1n) is 7.39. The number of aryl methyl sites for hydroxylation is 1. The van der Waals surface area contributed by atoms with Gasteiger partial charge in [-0.05, 0) is 50.9 Å². The molecule has 110 valence electrons. The summed E-state index contributed by atoms with van der Waals surface area (Å²) in [5.41, 5.74) is 0.990. The molecule has 1 aromatic heterocycles. The Morgan fingerprint density at radius 3 is 3.10 bits per heavy atom. The number of hydrogen-bond acceptors (Lipinski definition) is 4.